The number of ether oxygens (including phenoxy) is 2. The third kappa shape index (κ3) is 4.40. The van der Waals surface area contributed by atoms with E-state index in [1.165, 1.54) is 58.2 Å². The highest BCUT2D eigenvalue weighted by Crippen LogP contribution is 2.14. The van der Waals surface area contributed by atoms with Gasteiger partial charge in [-0.15, -0.1) is 0 Å². The standard InChI is InChI=1S/C13H25NO2/c1(3-7-13-15-11-12-16-13)4-8-14-9-5-2-6-10-14/h13H,1-12H2. The molecule has 2 saturated heterocycles. The first-order chi connectivity index (χ1) is 7.95. The molecule has 0 saturated carbocycles. The highest BCUT2D eigenvalue weighted by Gasteiger charge is 2.15. The van der Waals surface area contributed by atoms with Crippen LogP contribution in [0.25, 0.3) is 0 Å². The molecule has 0 aromatic heterocycles. The topological polar surface area (TPSA) is 21.7 Å². The van der Waals surface area contributed by atoms with Crippen LogP contribution in [0.4, 0.5) is 0 Å². The van der Waals surface area contributed by atoms with Gasteiger partial charge in [0, 0.05) is 0 Å². The highest BCUT2D eigenvalue weighted by molar-refractivity contribution is 4.64. The zero-order chi connectivity index (χ0) is 11.1. The quantitative estimate of drug-likeness (QED) is 0.650. The largest absolute Gasteiger partial charge is 0.350 e. The fourth-order valence-electron chi connectivity index (χ4n) is 2.58. The van der Waals surface area contributed by atoms with Crippen molar-refractivity contribution in [2.24, 2.45) is 0 Å². The van der Waals surface area contributed by atoms with E-state index in [9.17, 15) is 0 Å². The molecule has 0 amide bonds. The van der Waals surface area contributed by atoms with Crippen molar-refractivity contribution in [3.05, 3.63) is 0 Å². The number of rotatable bonds is 6. The predicted octanol–water partition coefficient (Wildman–Crippen LogP) is 2.41. The van der Waals surface area contributed by atoms with E-state index in [1.54, 1.807) is 0 Å². The first-order valence-corrected chi connectivity index (χ1v) is 6.91. The van der Waals surface area contributed by atoms with Gasteiger partial charge in [0.15, 0.2) is 6.29 Å². The van der Waals surface area contributed by atoms with Crippen LogP contribution in [0.5, 0.6) is 0 Å². The van der Waals surface area contributed by atoms with Crippen molar-refractivity contribution in [3.8, 4) is 0 Å². The Balaban J connectivity index is 1.42. The second kappa shape index (κ2) is 7.25. The molecule has 2 heterocycles. The van der Waals surface area contributed by atoms with Crippen LogP contribution in [0, 0.1) is 0 Å². The van der Waals surface area contributed by atoms with Gasteiger partial charge >= 0.3 is 0 Å². The summed E-state index contributed by atoms with van der Waals surface area (Å²) in [5.41, 5.74) is 0. The maximum absolute atomic E-state index is 5.42. The molecule has 0 aromatic carbocycles. The molecule has 0 N–H and O–H groups in total. The molecule has 2 aliphatic rings. The Morgan fingerprint density at radius 3 is 2.38 bits per heavy atom. The van der Waals surface area contributed by atoms with Gasteiger partial charge in [-0.2, -0.15) is 0 Å². The summed E-state index contributed by atoms with van der Waals surface area (Å²) in [6.07, 6.45) is 9.35. The lowest BCUT2D eigenvalue weighted by Gasteiger charge is -2.26. The zero-order valence-electron chi connectivity index (χ0n) is 10.3. The van der Waals surface area contributed by atoms with E-state index in [4.69, 9.17) is 9.47 Å². The molecule has 2 fully saturated rings. The van der Waals surface area contributed by atoms with Gasteiger partial charge < -0.3 is 14.4 Å². The van der Waals surface area contributed by atoms with Gasteiger partial charge in [-0.25, -0.2) is 0 Å². The van der Waals surface area contributed by atoms with Crippen molar-refractivity contribution in [1.29, 1.82) is 0 Å². The first kappa shape index (κ1) is 12.3. The van der Waals surface area contributed by atoms with Crippen molar-refractivity contribution < 1.29 is 9.47 Å². The average Bonchev–Trinajstić information content (AvgIpc) is 2.83. The molecule has 0 spiro atoms. The van der Waals surface area contributed by atoms with Crippen LogP contribution in [0.2, 0.25) is 0 Å². The van der Waals surface area contributed by atoms with Crippen LogP contribution in [-0.4, -0.2) is 44.0 Å². The van der Waals surface area contributed by atoms with Gasteiger partial charge in [-0.1, -0.05) is 12.8 Å². The molecular formula is C13H25NO2. The van der Waals surface area contributed by atoms with Gasteiger partial charge in [0.25, 0.3) is 0 Å². The SMILES string of the molecule is C(CCC1OCCO1)CCN1CCCCC1. The third-order valence-electron chi connectivity index (χ3n) is 3.55. The zero-order valence-corrected chi connectivity index (χ0v) is 10.3. The molecule has 3 heteroatoms. The van der Waals surface area contributed by atoms with E-state index in [0.29, 0.717) is 0 Å². The van der Waals surface area contributed by atoms with Crippen LogP contribution >= 0.6 is 0 Å². The highest BCUT2D eigenvalue weighted by atomic mass is 16.7. The Morgan fingerprint density at radius 1 is 0.875 bits per heavy atom. The van der Waals surface area contributed by atoms with Gasteiger partial charge in [-0.3, -0.25) is 0 Å². The molecule has 0 aliphatic carbocycles. The van der Waals surface area contributed by atoms with Crippen LogP contribution in [0.3, 0.4) is 0 Å². The molecule has 0 bridgehead atoms. The number of unbranched alkanes of at least 4 members (excludes halogenated alkanes) is 2. The van der Waals surface area contributed by atoms with E-state index in [-0.39, 0.29) is 6.29 Å². The number of hydrogen-bond acceptors (Lipinski definition) is 3. The van der Waals surface area contributed by atoms with E-state index >= 15 is 0 Å². The molecule has 2 aliphatic heterocycles. The number of nitrogens with zero attached hydrogens (tertiary/aromatic N) is 1. The van der Waals surface area contributed by atoms with Crippen LogP contribution in [-0.2, 0) is 9.47 Å². The van der Waals surface area contributed by atoms with E-state index in [0.717, 1.165) is 19.6 Å². The Morgan fingerprint density at radius 2 is 1.62 bits per heavy atom. The molecule has 16 heavy (non-hydrogen) atoms. The fraction of sp³-hybridized carbons (Fsp3) is 1.00. The van der Waals surface area contributed by atoms with Gasteiger partial charge in [0.1, 0.15) is 0 Å². The lowest BCUT2D eigenvalue weighted by molar-refractivity contribution is -0.0480. The summed E-state index contributed by atoms with van der Waals surface area (Å²) in [5.74, 6) is 0. The molecule has 3 nitrogen and oxygen atoms in total. The smallest absolute Gasteiger partial charge is 0.157 e. The minimum Gasteiger partial charge on any atom is -0.350 e. The lowest BCUT2D eigenvalue weighted by atomic mass is 10.1. The third-order valence-corrected chi connectivity index (χ3v) is 3.55. The Hall–Kier alpha value is -0.120. The van der Waals surface area contributed by atoms with Crippen LogP contribution in [0.1, 0.15) is 44.9 Å². The van der Waals surface area contributed by atoms with Crippen molar-refractivity contribution in [2.45, 2.75) is 51.2 Å². The number of piperidine rings is 1. The maximum atomic E-state index is 5.42. The Kier molecular flexibility index (Phi) is 5.59. The molecule has 0 unspecified atom stereocenters. The number of likely N-dealkylation sites (tertiary alicyclic amines) is 1. The molecule has 0 atom stereocenters. The molecule has 0 radical (unpaired) electrons. The summed E-state index contributed by atoms with van der Waals surface area (Å²) < 4.78 is 10.8. The summed E-state index contributed by atoms with van der Waals surface area (Å²) >= 11 is 0. The van der Waals surface area contributed by atoms with Gasteiger partial charge in [0.2, 0.25) is 0 Å². The molecule has 94 valence electrons. The Bertz CT molecular complexity index is 175. The minimum atomic E-state index is 0.106. The summed E-state index contributed by atoms with van der Waals surface area (Å²) in [4.78, 5) is 2.62. The van der Waals surface area contributed by atoms with E-state index in [2.05, 4.69) is 4.90 Å². The monoisotopic (exact) mass is 227 g/mol. The summed E-state index contributed by atoms with van der Waals surface area (Å²) in [7, 11) is 0. The molecule has 2 rings (SSSR count). The minimum absolute atomic E-state index is 0.106. The molecule has 0 aromatic rings. The van der Waals surface area contributed by atoms with Crippen molar-refractivity contribution >= 4 is 0 Å². The van der Waals surface area contributed by atoms with Crippen LogP contribution in [0.15, 0.2) is 0 Å². The normalized spacial score (nSPS) is 24.0. The first-order valence-electron chi connectivity index (χ1n) is 6.91. The van der Waals surface area contributed by atoms with E-state index < -0.39 is 0 Å². The summed E-state index contributed by atoms with van der Waals surface area (Å²) in [6, 6.07) is 0. The lowest BCUT2D eigenvalue weighted by Crippen LogP contribution is -2.30. The van der Waals surface area contributed by atoms with Crippen molar-refractivity contribution in [1.82, 2.24) is 4.90 Å². The number of hydrogen-bond donors (Lipinski definition) is 0. The Labute approximate surface area is 99.1 Å². The molecular weight excluding hydrogens is 202 g/mol. The average molecular weight is 227 g/mol. The van der Waals surface area contributed by atoms with Gasteiger partial charge in [0.05, 0.1) is 13.2 Å². The van der Waals surface area contributed by atoms with Crippen molar-refractivity contribution in [2.75, 3.05) is 32.8 Å². The maximum Gasteiger partial charge on any atom is 0.157 e. The fourth-order valence-corrected chi connectivity index (χ4v) is 2.58. The summed E-state index contributed by atoms with van der Waals surface area (Å²) in [6.45, 7) is 5.53. The summed E-state index contributed by atoms with van der Waals surface area (Å²) in [5, 5.41) is 0. The predicted molar refractivity (Wildman–Crippen MR) is 64.5 cm³/mol. The van der Waals surface area contributed by atoms with Crippen molar-refractivity contribution in [3.63, 3.8) is 0 Å². The second-order valence-electron chi connectivity index (χ2n) is 4.92. The van der Waals surface area contributed by atoms with Gasteiger partial charge in [-0.05, 0) is 51.7 Å². The van der Waals surface area contributed by atoms with Crippen LogP contribution < -0.4 is 0 Å². The second-order valence-corrected chi connectivity index (χ2v) is 4.92. The van der Waals surface area contributed by atoms with E-state index in [1.807, 2.05) is 0 Å².